The number of amides is 1. The lowest BCUT2D eigenvalue weighted by molar-refractivity contribution is -0.185. The molecule has 0 heterocycles. The number of hydrogen-bond acceptors (Lipinski definition) is 10. The Balaban J connectivity index is 1.71. The quantitative estimate of drug-likeness (QED) is 0.251. The number of aliphatic hydroxyl groups is 3. The number of hydrogen-bond donors (Lipinski definition) is 5. The van der Waals surface area contributed by atoms with Crippen molar-refractivity contribution in [2.75, 3.05) is 14.1 Å². The number of nitrogens with zero attached hydrogens (tertiary/aromatic N) is 1. The van der Waals surface area contributed by atoms with E-state index in [-0.39, 0.29) is 23.3 Å². The Morgan fingerprint density at radius 3 is 2.39 bits per heavy atom. The molecule has 6 atom stereocenters. The van der Waals surface area contributed by atoms with E-state index in [0.717, 1.165) is 25.7 Å². The Morgan fingerprint density at radius 1 is 1.12 bits per heavy atom. The number of carbonyl (C=O) groups excluding carboxylic acids is 4. The zero-order valence-corrected chi connectivity index (χ0v) is 23.3. The standard InChI is InChI=1S/C30H36N2O9/c1-13-15-9-6-10-16(33)19(15)24(35)20-18(13)26(41-17(34)12-11-14-7-4-5-8-14)22-23(32(2)3)25(36)21(29(31)39)28(38)30(22,40)27(20)37/h6,9-10,13-14,18,22-23,26,33,35,38,40H,4-5,7-8,11-12H2,1-3H3,(H2,31,39)/t13-,18+,22+,23-,26-,30-/m0/s1. The number of carbonyl (C=O) groups is 4. The van der Waals surface area contributed by atoms with Gasteiger partial charge < -0.3 is 30.9 Å². The van der Waals surface area contributed by atoms with Gasteiger partial charge in [-0.1, -0.05) is 44.7 Å². The van der Waals surface area contributed by atoms with Crippen molar-refractivity contribution in [3.05, 3.63) is 46.2 Å². The van der Waals surface area contributed by atoms with E-state index < -0.39 is 76.0 Å². The van der Waals surface area contributed by atoms with Gasteiger partial charge in [-0.05, 0) is 44.0 Å². The lowest BCUT2D eigenvalue weighted by atomic mass is 9.54. The Morgan fingerprint density at radius 2 is 1.78 bits per heavy atom. The fourth-order valence-corrected chi connectivity index (χ4v) is 7.52. The summed E-state index contributed by atoms with van der Waals surface area (Å²) < 4.78 is 6.05. The highest BCUT2D eigenvalue weighted by atomic mass is 16.5. The van der Waals surface area contributed by atoms with Crippen LogP contribution in [0.3, 0.4) is 0 Å². The zero-order chi connectivity index (χ0) is 30.0. The molecule has 4 aliphatic carbocycles. The molecule has 6 N–H and O–H groups in total. The summed E-state index contributed by atoms with van der Waals surface area (Å²) in [4.78, 5) is 54.8. The third-order valence-corrected chi connectivity index (χ3v) is 9.47. The van der Waals surface area contributed by atoms with E-state index in [9.17, 15) is 39.6 Å². The smallest absolute Gasteiger partial charge is 0.306 e. The molecule has 2 saturated carbocycles. The Bertz CT molecular complexity index is 1390. The SMILES string of the molecule is C[C@H]1c2cccc(O)c2C(O)=C2C(=O)[C@]3(O)C(O)=C(C(N)=O)C(=O)[C@@H](N(C)C)[C@@H]3[C@@H](OC(=O)CCC3CCCC3)[C@@H]21. The van der Waals surface area contributed by atoms with Gasteiger partial charge in [0, 0.05) is 17.9 Å². The van der Waals surface area contributed by atoms with Crippen molar-refractivity contribution in [2.24, 2.45) is 23.5 Å². The average Bonchev–Trinajstić information content (AvgIpc) is 3.42. The number of benzene rings is 1. The van der Waals surface area contributed by atoms with Crippen LogP contribution in [0.5, 0.6) is 5.75 Å². The van der Waals surface area contributed by atoms with Crippen LogP contribution in [0.4, 0.5) is 0 Å². The monoisotopic (exact) mass is 568 g/mol. The van der Waals surface area contributed by atoms with E-state index in [0.29, 0.717) is 17.9 Å². The Hall–Kier alpha value is -3.70. The summed E-state index contributed by atoms with van der Waals surface area (Å²) in [7, 11) is 2.99. The Labute approximate surface area is 237 Å². The molecule has 0 aliphatic heterocycles. The van der Waals surface area contributed by atoms with Gasteiger partial charge in [0.1, 0.15) is 28.9 Å². The van der Waals surface area contributed by atoms with Gasteiger partial charge in [0.05, 0.1) is 17.5 Å². The number of aliphatic hydroxyl groups excluding tert-OH is 2. The maximum absolute atomic E-state index is 14.2. The number of esters is 1. The van der Waals surface area contributed by atoms with E-state index in [4.69, 9.17) is 10.5 Å². The first-order chi connectivity index (χ1) is 19.3. The molecule has 220 valence electrons. The molecule has 1 aromatic rings. The van der Waals surface area contributed by atoms with Gasteiger partial charge >= 0.3 is 5.97 Å². The molecule has 1 aromatic carbocycles. The predicted molar refractivity (Wildman–Crippen MR) is 145 cm³/mol. The fourth-order valence-electron chi connectivity index (χ4n) is 7.52. The summed E-state index contributed by atoms with van der Waals surface area (Å²) in [5, 5.41) is 45.3. The van der Waals surface area contributed by atoms with Crippen molar-refractivity contribution >= 4 is 29.2 Å². The minimum Gasteiger partial charge on any atom is -0.508 e. The Kier molecular flexibility index (Phi) is 7.23. The van der Waals surface area contributed by atoms with Gasteiger partial charge in [-0.25, -0.2) is 0 Å². The predicted octanol–water partition coefficient (Wildman–Crippen LogP) is 2.02. The van der Waals surface area contributed by atoms with E-state index in [2.05, 4.69) is 0 Å². The molecule has 0 spiro atoms. The lowest BCUT2D eigenvalue weighted by Gasteiger charge is -2.54. The van der Waals surface area contributed by atoms with Crippen molar-refractivity contribution in [2.45, 2.75) is 69.1 Å². The van der Waals surface area contributed by atoms with Crippen LogP contribution in [0.25, 0.3) is 5.76 Å². The maximum atomic E-state index is 14.2. The summed E-state index contributed by atoms with van der Waals surface area (Å²) in [5.74, 6) is -9.09. The van der Waals surface area contributed by atoms with Crippen molar-refractivity contribution in [3.63, 3.8) is 0 Å². The van der Waals surface area contributed by atoms with Crippen LogP contribution in [0.2, 0.25) is 0 Å². The van der Waals surface area contributed by atoms with Crippen LogP contribution < -0.4 is 5.73 Å². The molecular formula is C30H36N2O9. The average molecular weight is 569 g/mol. The lowest BCUT2D eigenvalue weighted by Crippen LogP contribution is -2.71. The van der Waals surface area contributed by atoms with Crippen LogP contribution in [-0.2, 0) is 23.9 Å². The first-order valence-corrected chi connectivity index (χ1v) is 14.0. The summed E-state index contributed by atoms with van der Waals surface area (Å²) >= 11 is 0. The van der Waals surface area contributed by atoms with Gasteiger partial charge in [0.15, 0.2) is 11.4 Å². The van der Waals surface area contributed by atoms with Gasteiger partial charge in [-0.15, -0.1) is 0 Å². The maximum Gasteiger partial charge on any atom is 0.306 e. The zero-order valence-electron chi connectivity index (χ0n) is 23.3. The highest BCUT2D eigenvalue weighted by Crippen LogP contribution is 2.57. The summed E-state index contributed by atoms with van der Waals surface area (Å²) in [6, 6.07) is 3.18. The molecule has 2 fully saturated rings. The minimum absolute atomic E-state index is 0.0254. The number of phenolic OH excluding ortho intramolecular Hbond substituents is 1. The number of likely N-dealkylation sites (N-methyl/N-ethyl adjacent to an activating group) is 1. The molecular weight excluding hydrogens is 532 g/mol. The number of fused-ring (bicyclic) bond motifs is 3. The molecule has 4 aliphatic rings. The van der Waals surface area contributed by atoms with Crippen molar-refractivity contribution < 1.29 is 44.3 Å². The number of aromatic hydroxyl groups is 1. The number of phenols is 1. The van der Waals surface area contributed by atoms with Gasteiger partial charge in [-0.2, -0.15) is 0 Å². The molecule has 0 radical (unpaired) electrons. The first-order valence-electron chi connectivity index (χ1n) is 14.0. The van der Waals surface area contributed by atoms with Gasteiger partial charge in [-0.3, -0.25) is 24.1 Å². The van der Waals surface area contributed by atoms with E-state index in [1.54, 1.807) is 19.1 Å². The third-order valence-electron chi connectivity index (χ3n) is 9.47. The van der Waals surface area contributed by atoms with E-state index >= 15 is 0 Å². The summed E-state index contributed by atoms with van der Waals surface area (Å²) in [5.41, 5.74) is 1.62. The topological polar surface area (TPSA) is 188 Å². The molecule has 1 amide bonds. The highest BCUT2D eigenvalue weighted by Gasteiger charge is 2.69. The van der Waals surface area contributed by atoms with E-state index in [1.807, 2.05) is 0 Å². The molecule has 0 aromatic heterocycles. The summed E-state index contributed by atoms with van der Waals surface area (Å²) in [6.07, 6.45) is 3.50. The molecule has 0 saturated heterocycles. The second-order valence-electron chi connectivity index (χ2n) is 11.9. The van der Waals surface area contributed by atoms with Crippen LogP contribution >= 0.6 is 0 Å². The van der Waals surface area contributed by atoms with Crippen molar-refractivity contribution in [1.29, 1.82) is 0 Å². The third kappa shape index (κ3) is 4.25. The number of ether oxygens (including phenoxy) is 1. The van der Waals surface area contributed by atoms with E-state index in [1.165, 1.54) is 25.1 Å². The second kappa shape index (κ2) is 10.3. The van der Waals surface area contributed by atoms with Gasteiger partial charge in [0.25, 0.3) is 5.91 Å². The van der Waals surface area contributed by atoms with Crippen LogP contribution in [-0.4, -0.2) is 80.6 Å². The minimum atomic E-state index is -2.94. The normalized spacial score (nSPS) is 31.7. The number of ketones is 2. The molecule has 11 nitrogen and oxygen atoms in total. The molecule has 0 bridgehead atoms. The molecule has 0 unspecified atom stereocenters. The largest absolute Gasteiger partial charge is 0.508 e. The highest BCUT2D eigenvalue weighted by molar-refractivity contribution is 6.24. The van der Waals surface area contributed by atoms with Crippen molar-refractivity contribution in [1.82, 2.24) is 4.90 Å². The number of primary amides is 1. The van der Waals surface area contributed by atoms with Crippen molar-refractivity contribution in [3.8, 4) is 5.75 Å². The molecule has 11 heteroatoms. The van der Waals surface area contributed by atoms with Crippen LogP contribution in [0.15, 0.2) is 35.1 Å². The summed E-state index contributed by atoms with van der Waals surface area (Å²) in [6.45, 7) is 1.73. The van der Waals surface area contributed by atoms with Gasteiger partial charge in [0.2, 0.25) is 5.78 Å². The first kappa shape index (κ1) is 28.8. The number of rotatable bonds is 6. The number of nitrogens with two attached hydrogens (primary N) is 1. The molecule has 5 rings (SSSR count). The van der Waals surface area contributed by atoms with Crippen LogP contribution in [0, 0.1) is 17.8 Å². The fraction of sp³-hybridized carbons (Fsp3) is 0.533. The number of Topliss-reactive ketones (excluding diaryl/α,β-unsaturated/α-hetero) is 2. The molecule has 41 heavy (non-hydrogen) atoms. The second-order valence-corrected chi connectivity index (χ2v) is 11.9. The van der Waals surface area contributed by atoms with Crippen LogP contribution in [0.1, 0.15) is 62.5 Å².